The Morgan fingerprint density at radius 2 is 1.92 bits per heavy atom. The molecule has 2 amide bonds. The predicted octanol–water partition coefficient (Wildman–Crippen LogP) is 2.63. The maximum Gasteiger partial charge on any atom is 0.273 e. The number of aromatic nitrogens is 1. The van der Waals surface area contributed by atoms with Crippen LogP contribution in [0, 0.1) is 0 Å². The quantitative estimate of drug-likeness (QED) is 0.705. The van der Waals surface area contributed by atoms with Crippen molar-refractivity contribution in [3.63, 3.8) is 0 Å². The van der Waals surface area contributed by atoms with Crippen LogP contribution in [-0.4, -0.2) is 23.5 Å². The molecule has 8 heteroatoms. The van der Waals surface area contributed by atoms with Gasteiger partial charge in [0, 0.05) is 16.7 Å². The van der Waals surface area contributed by atoms with Crippen molar-refractivity contribution in [2.45, 2.75) is 6.54 Å². The molecular weight excluding hydrogens is 346 g/mol. The van der Waals surface area contributed by atoms with Crippen LogP contribution in [0.3, 0.4) is 0 Å². The Kier molecular flexibility index (Phi) is 5.15. The summed E-state index contributed by atoms with van der Waals surface area (Å²) in [6.45, 7) is 0.0784. The van der Waals surface area contributed by atoms with Gasteiger partial charge < -0.3 is 19.6 Å². The molecule has 128 valence electrons. The van der Waals surface area contributed by atoms with Crippen LogP contribution in [-0.2, 0) is 11.3 Å². The molecule has 0 atom stereocenters. The molecule has 0 unspecified atom stereocenters. The van der Waals surface area contributed by atoms with Crippen molar-refractivity contribution in [3.05, 3.63) is 65.2 Å². The zero-order valence-electron chi connectivity index (χ0n) is 13.0. The Morgan fingerprint density at radius 1 is 1.12 bits per heavy atom. The van der Waals surface area contributed by atoms with Crippen molar-refractivity contribution in [1.29, 1.82) is 0 Å². The van der Waals surface area contributed by atoms with E-state index in [0.717, 1.165) is 5.56 Å². The van der Waals surface area contributed by atoms with E-state index in [4.69, 9.17) is 20.5 Å². The summed E-state index contributed by atoms with van der Waals surface area (Å²) >= 11 is 5.83. The smallest absolute Gasteiger partial charge is 0.273 e. The third-order valence-corrected chi connectivity index (χ3v) is 3.57. The van der Waals surface area contributed by atoms with E-state index >= 15 is 0 Å². The zero-order valence-corrected chi connectivity index (χ0v) is 13.7. The topological polar surface area (TPSA) is 97.4 Å². The highest BCUT2D eigenvalue weighted by Crippen LogP contribution is 2.22. The lowest BCUT2D eigenvalue weighted by atomic mass is 10.1. The summed E-state index contributed by atoms with van der Waals surface area (Å²) in [7, 11) is 0. The lowest BCUT2D eigenvalue weighted by Gasteiger charge is -2.04. The van der Waals surface area contributed by atoms with Gasteiger partial charge in [-0.25, -0.2) is 0 Å². The van der Waals surface area contributed by atoms with Gasteiger partial charge in [-0.05, 0) is 36.4 Å². The number of hydrogen-bond donors (Lipinski definition) is 2. The minimum Gasteiger partial charge on any atom is -0.467 e. The average molecular weight is 360 g/mol. The molecule has 0 fully saturated rings. The normalized spacial score (nSPS) is 10.4. The number of carbonyl (C=O) groups excluding carboxylic acids is 2. The van der Waals surface area contributed by atoms with E-state index in [1.165, 1.54) is 12.3 Å². The van der Waals surface area contributed by atoms with Gasteiger partial charge in [-0.3, -0.25) is 9.59 Å². The number of hydrogen-bond acceptors (Lipinski definition) is 5. The molecule has 7 nitrogen and oxygen atoms in total. The first-order valence-corrected chi connectivity index (χ1v) is 7.79. The van der Waals surface area contributed by atoms with Crippen LogP contribution in [0.5, 0.6) is 0 Å². The number of amides is 2. The monoisotopic (exact) mass is 359 g/mol. The van der Waals surface area contributed by atoms with Gasteiger partial charge in [0.15, 0.2) is 11.5 Å². The van der Waals surface area contributed by atoms with Crippen molar-refractivity contribution in [3.8, 4) is 11.3 Å². The second kappa shape index (κ2) is 7.67. The van der Waals surface area contributed by atoms with E-state index in [9.17, 15) is 9.59 Å². The van der Waals surface area contributed by atoms with Crippen LogP contribution >= 0.6 is 11.6 Å². The molecule has 3 aromatic rings. The third kappa shape index (κ3) is 4.48. The first-order chi connectivity index (χ1) is 12.1. The van der Waals surface area contributed by atoms with Crippen LogP contribution in [0.1, 0.15) is 16.2 Å². The number of furan rings is 1. The molecular formula is C17H14ClN3O4. The van der Waals surface area contributed by atoms with Crippen molar-refractivity contribution in [2.75, 3.05) is 6.54 Å². The van der Waals surface area contributed by atoms with Gasteiger partial charge in [-0.1, -0.05) is 16.8 Å². The number of rotatable bonds is 6. The highest BCUT2D eigenvalue weighted by atomic mass is 35.5. The first-order valence-electron chi connectivity index (χ1n) is 7.42. The van der Waals surface area contributed by atoms with Crippen LogP contribution in [0.25, 0.3) is 11.3 Å². The molecule has 2 heterocycles. The third-order valence-electron chi connectivity index (χ3n) is 3.32. The maximum atomic E-state index is 12.0. The highest BCUT2D eigenvalue weighted by molar-refractivity contribution is 6.30. The number of halogens is 1. The standard InChI is InChI=1S/C17H14ClN3O4/c18-12-5-3-11(4-6-12)15-8-14(21-25-15)17(23)20-10-16(22)19-9-13-2-1-7-24-13/h1-8H,9-10H2,(H,19,22)(H,20,23). The van der Waals surface area contributed by atoms with Crippen LogP contribution in [0.4, 0.5) is 0 Å². The summed E-state index contributed by atoms with van der Waals surface area (Å²) in [6.07, 6.45) is 1.52. The molecule has 2 aromatic heterocycles. The lowest BCUT2D eigenvalue weighted by molar-refractivity contribution is -0.120. The molecule has 0 aliphatic rings. The van der Waals surface area contributed by atoms with Crippen molar-refractivity contribution < 1.29 is 18.5 Å². The van der Waals surface area contributed by atoms with E-state index in [1.54, 1.807) is 36.4 Å². The van der Waals surface area contributed by atoms with Gasteiger partial charge >= 0.3 is 0 Å². The second-order valence-corrected chi connectivity index (χ2v) is 5.56. The van der Waals surface area contributed by atoms with Gasteiger partial charge in [0.25, 0.3) is 5.91 Å². The van der Waals surface area contributed by atoms with E-state index in [2.05, 4.69) is 15.8 Å². The molecule has 0 bridgehead atoms. The summed E-state index contributed by atoms with van der Waals surface area (Å²) in [5.74, 6) is 0.219. The van der Waals surface area contributed by atoms with E-state index in [-0.39, 0.29) is 24.7 Å². The number of nitrogens with zero attached hydrogens (tertiary/aromatic N) is 1. The Morgan fingerprint density at radius 3 is 2.64 bits per heavy atom. The molecule has 2 N–H and O–H groups in total. The van der Waals surface area contributed by atoms with Crippen molar-refractivity contribution in [2.24, 2.45) is 0 Å². The van der Waals surface area contributed by atoms with Crippen LogP contribution in [0.2, 0.25) is 5.02 Å². The minimum absolute atomic E-state index is 0.0868. The number of carbonyl (C=O) groups is 2. The number of benzene rings is 1. The minimum atomic E-state index is -0.503. The molecule has 25 heavy (non-hydrogen) atoms. The van der Waals surface area contributed by atoms with Crippen LogP contribution in [0.15, 0.2) is 57.7 Å². The Labute approximate surface area is 147 Å². The fraction of sp³-hybridized carbons (Fsp3) is 0.118. The summed E-state index contributed by atoms with van der Waals surface area (Å²) in [4.78, 5) is 23.7. The summed E-state index contributed by atoms with van der Waals surface area (Å²) in [6, 6.07) is 11.9. The maximum absolute atomic E-state index is 12.0. The van der Waals surface area contributed by atoms with Gasteiger partial charge in [-0.2, -0.15) is 0 Å². The Balaban J connectivity index is 1.51. The van der Waals surface area contributed by atoms with Gasteiger partial charge in [0.1, 0.15) is 5.76 Å². The predicted molar refractivity (Wildman–Crippen MR) is 89.8 cm³/mol. The molecule has 0 aliphatic carbocycles. The number of nitrogens with one attached hydrogen (secondary N) is 2. The van der Waals surface area contributed by atoms with Crippen molar-refractivity contribution >= 4 is 23.4 Å². The molecule has 0 radical (unpaired) electrons. The van der Waals surface area contributed by atoms with Gasteiger partial charge in [-0.15, -0.1) is 0 Å². The first kappa shape index (κ1) is 16.8. The largest absolute Gasteiger partial charge is 0.467 e. The zero-order chi connectivity index (χ0) is 17.6. The van der Waals surface area contributed by atoms with Gasteiger partial charge in [0.05, 0.1) is 19.4 Å². The van der Waals surface area contributed by atoms with Gasteiger partial charge in [0.2, 0.25) is 5.91 Å². The average Bonchev–Trinajstić information content (AvgIpc) is 3.30. The summed E-state index contributed by atoms with van der Waals surface area (Å²) in [5, 5.41) is 9.41. The molecule has 0 spiro atoms. The highest BCUT2D eigenvalue weighted by Gasteiger charge is 2.14. The molecule has 0 aliphatic heterocycles. The van der Waals surface area contributed by atoms with E-state index < -0.39 is 5.91 Å². The van der Waals surface area contributed by atoms with Crippen molar-refractivity contribution in [1.82, 2.24) is 15.8 Å². The molecule has 0 saturated heterocycles. The summed E-state index contributed by atoms with van der Waals surface area (Å²) in [5.41, 5.74) is 0.830. The van der Waals surface area contributed by atoms with E-state index in [1.807, 2.05) is 0 Å². The Hall–Kier alpha value is -3.06. The second-order valence-electron chi connectivity index (χ2n) is 5.12. The summed E-state index contributed by atoms with van der Waals surface area (Å²) < 4.78 is 10.2. The Bertz CT molecular complexity index is 856. The fourth-order valence-corrected chi connectivity index (χ4v) is 2.17. The molecule has 1 aromatic carbocycles. The lowest BCUT2D eigenvalue weighted by Crippen LogP contribution is -2.36. The van der Waals surface area contributed by atoms with E-state index in [0.29, 0.717) is 16.5 Å². The molecule has 0 saturated carbocycles. The fourth-order valence-electron chi connectivity index (χ4n) is 2.04. The molecule has 3 rings (SSSR count). The van der Waals surface area contributed by atoms with Crippen LogP contribution < -0.4 is 10.6 Å². The SMILES string of the molecule is O=C(CNC(=O)c1cc(-c2ccc(Cl)cc2)on1)NCc1ccco1.